The summed E-state index contributed by atoms with van der Waals surface area (Å²) in [7, 11) is -2.54. The van der Waals surface area contributed by atoms with Crippen molar-refractivity contribution in [3.63, 3.8) is 0 Å². The van der Waals surface area contributed by atoms with E-state index in [9.17, 15) is 18.0 Å². The quantitative estimate of drug-likeness (QED) is 0.310. The van der Waals surface area contributed by atoms with Crippen molar-refractivity contribution in [1.82, 2.24) is 10.2 Å². The van der Waals surface area contributed by atoms with E-state index in [2.05, 4.69) is 21.2 Å². The normalized spacial score (nSPS) is 12.7. The number of nitrogens with one attached hydrogen (secondary N) is 1. The fourth-order valence-corrected chi connectivity index (χ4v) is 5.67. The van der Waals surface area contributed by atoms with E-state index >= 15 is 0 Å². The Balaban J connectivity index is 2.01. The van der Waals surface area contributed by atoms with Crippen LogP contribution in [-0.2, 0) is 26.2 Å². The van der Waals surface area contributed by atoms with Crippen LogP contribution >= 0.6 is 15.9 Å². The molecule has 0 unspecified atom stereocenters. The molecule has 0 saturated carbocycles. The van der Waals surface area contributed by atoms with Crippen LogP contribution in [0.5, 0.6) is 5.75 Å². The summed E-state index contributed by atoms with van der Waals surface area (Å²) < 4.78 is 34.5. The Kier molecular flexibility index (Phi) is 10.5. The summed E-state index contributed by atoms with van der Waals surface area (Å²) in [6, 6.07) is 21.0. The summed E-state index contributed by atoms with van der Waals surface area (Å²) in [5.74, 6) is -0.169. The number of nitrogens with zero attached hydrogens (tertiary/aromatic N) is 2. The van der Waals surface area contributed by atoms with E-state index in [4.69, 9.17) is 4.74 Å². The average molecular weight is 617 g/mol. The molecule has 0 aliphatic heterocycles. The van der Waals surface area contributed by atoms with Gasteiger partial charge in [-0.05, 0) is 68.3 Å². The molecule has 1 N–H and O–H groups in total. The monoisotopic (exact) mass is 615 g/mol. The van der Waals surface area contributed by atoms with Crippen LogP contribution in [-0.4, -0.2) is 50.9 Å². The first-order valence-corrected chi connectivity index (χ1v) is 14.9. The van der Waals surface area contributed by atoms with Crippen molar-refractivity contribution in [2.45, 2.75) is 50.7 Å². The first kappa shape index (κ1) is 30.2. The van der Waals surface area contributed by atoms with Gasteiger partial charge in [-0.3, -0.25) is 13.9 Å². The minimum Gasteiger partial charge on any atom is -0.497 e. The third-order valence-electron chi connectivity index (χ3n) is 6.39. The Morgan fingerprint density at radius 3 is 2.23 bits per heavy atom. The molecular weight excluding hydrogens is 582 g/mol. The average Bonchev–Trinajstić information content (AvgIpc) is 2.94. The number of hydrogen-bond acceptors (Lipinski definition) is 5. The SMILES string of the molecule is CC[C@H](C)NC(=O)[C@H](C)N(Cc1ccc(OC)cc1)C(=O)CN(c1cccc(Br)c1)S(=O)(=O)c1ccccc1. The summed E-state index contributed by atoms with van der Waals surface area (Å²) in [4.78, 5) is 28.5. The summed E-state index contributed by atoms with van der Waals surface area (Å²) in [6.07, 6.45) is 0.733. The second kappa shape index (κ2) is 13.6. The third-order valence-corrected chi connectivity index (χ3v) is 8.67. The second-order valence-electron chi connectivity index (χ2n) is 9.17. The molecule has 0 aliphatic rings. The first-order valence-electron chi connectivity index (χ1n) is 12.6. The second-order valence-corrected chi connectivity index (χ2v) is 11.9. The van der Waals surface area contributed by atoms with Crippen molar-refractivity contribution >= 4 is 43.5 Å². The van der Waals surface area contributed by atoms with Crippen LogP contribution in [0.1, 0.15) is 32.8 Å². The maximum absolute atomic E-state index is 13.9. The molecule has 0 heterocycles. The highest BCUT2D eigenvalue weighted by Gasteiger charge is 2.32. The maximum Gasteiger partial charge on any atom is 0.264 e. The predicted molar refractivity (Wildman–Crippen MR) is 156 cm³/mol. The number of carbonyl (C=O) groups excluding carboxylic acids is 2. The summed E-state index contributed by atoms with van der Waals surface area (Å²) >= 11 is 3.40. The molecule has 10 heteroatoms. The van der Waals surface area contributed by atoms with Crippen LogP contribution in [0.4, 0.5) is 5.69 Å². The molecule has 39 heavy (non-hydrogen) atoms. The van der Waals surface area contributed by atoms with E-state index in [0.29, 0.717) is 15.9 Å². The van der Waals surface area contributed by atoms with E-state index in [-0.39, 0.29) is 23.4 Å². The van der Waals surface area contributed by atoms with Gasteiger partial charge in [-0.25, -0.2) is 8.42 Å². The Labute approximate surface area is 239 Å². The van der Waals surface area contributed by atoms with Gasteiger partial charge in [-0.2, -0.15) is 0 Å². The molecule has 3 aromatic rings. The highest BCUT2D eigenvalue weighted by molar-refractivity contribution is 9.10. The molecule has 208 valence electrons. The predicted octanol–water partition coefficient (Wildman–Crippen LogP) is 4.99. The summed E-state index contributed by atoms with van der Waals surface area (Å²) in [6.45, 7) is 5.11. The molecule has 0 spiro atoms. The molecule has 3 rings (SSSR count). The fraction of sp³-hybridized carbons (Fsp3) is 0.310. The number of anilines is 1. The Morgan fingerprint density at radius 1 is 0.974 bits per heavy atom. The van der Waals surface area contributed by atoms with Gasteiger partial charge in [-0.1, -0.05) is 59.3 Å². The van der Waals surface area contributed by atoms with Crippen LogP contribution in [0.3, 0.4) is 0 Å². The van der Waals surface area contributed by atoms with Crippen LogP contribution in [0.25, 0.3) is 0 Å². The molecule has 0 radical (unpaired) electrons. The van der Waals surface area contributed by atoms with Gasteiger partial charge < -0.3 is 15.0 Å². The number of amides is 2. The third kappa shape index (κ3) is 7.83. The van der Waals surface area contributed by atoms with Gasteiger partial charge in [0.2, 0.25) is 11.8 Å². The highest BCUT2D eigenvalue weighted by atomic mass is 79.9. The zero-order valence-electron chi connectivity index (χ0n) is 22.5. The lowest BCUT2D eigenvalue weighted by molar-refractivity contribution is -0.139. The molecule has 0 saturated heterocycles. The van der Waals surface area contributed by atoms with Crippen molar-refractivity contribution in [3.8, 4) is 5.75 Å². The van der Waals surface area contributed by atoms with Gasteiger partial charge in [0.1, 0.15) is 18.3 Å². The lowest BCUT2D eigenvalue weighted by atomic mass is 10.1. The maximum atomic E-state index is 13.9. The molecule has 3 aromatic carbocycles. The van der Waals surface area contributed by atoms with Crippen molar-refractivity contribution in [3.05, 3.63) is 88.9 Å². The number of sulfonamides is 1. The van der Waals surface area contributed by atoms with Gasteiger partial charge in [-0.15, -0.1) is 0 Å². The van der Waals surface area contributed by atoms with Crippen LogP contribution in [0.15, 0.2) is 88.2 Å². The molecule has 2 amide bonds. The van der Waals surface area contributed by atoms with Gasteiger partial charge in [0.25, 0.3) is 10.0 Å². The largest absolute Gasteiger partial charge is 0.497 e. The zero-order valence-corrected chi connectivity index (χ0v) is 24.9. The molecule has 0 fully saturated rings. The summed E-state index contributed by atoms with van der Waals surface area (Å²) in [5.41, 5.74) is 1.09. The van der Waals surface area contributed by atoms with Crippen molar-refractivity contribution in [2.24, 2.45) is 0 Å². The number of benzene rings is 3. The standard InChI is InChI=1S/C29H34BrN3O5S/c1-5-21(2)31-29(35)22(3)32(19-23-14-16-26(38-4)17-15-23)28(34)20-33(25-11-9-10-24(30)18-25)39(36,37)27-12-7-6-8-13-27/h6-18,21-22H,5,19-20H2,1-4H3,(H,31,35)/t21-,22-/m0/s1. The van der Waals surface area contributed by atoms with Gasteiger partial charge in [0.15, 0.2) is 0 Å². The number of methoxy groups -OCH3 is 1. The highest BCUT2D eigenvalue weighted by Crippen LogP contribution is 2.27. The first-order chi connectivity index (χ1) is 18.6. The van der Waals surface area contributed by atoms with Gasteiger partial charge in [0.05, 0.1) is 17.7 Å². The molecule has 0 aromatic heterocycles. The number of carbonyl (C=O) groups is 2. The fourth-order valence-electron chi connectivity index (χ4n) is 3.86. The Morgan fingerprint density at radius 2 is 1.64 bits per heavy atom. The lowest BCUT2D eigenvalue weighted by Gasteiger charge is -2.32. The Bertz CT molecular complexity index is 1370. The van der Waals surface area contributed by atoms with Gasteiger partial charge in [0, 0.05) is 17.1 Å². The van der Waals surface area contributed by atoms with E-state index in [0.717, 1.165) is 16.3 Å². The van der Waals surface area contributed by atoms with Crippen LogP contribution in [0.2, 0.25) is 0 Å². The number of hydrogen-bond donors (Lipinski definition) is 1. The molecule has 0 aliphatic carbocycles. The summed E-state index contributed by atoms with van der Waals surface area (Å²) in [5, 5.41) is 2.93. The minimum atomic E-state index is -4.10. The lowest BCUT2D eigenvalue weighted by Crippen LogP contribution is -2.52. The van der Waals surface area contributed by atoms with Crippen molar-refractivity contribution < 1.29 is 22.7 Å². The van der Waals surface area contributed by atoms with Gasteiger partial charge >= 0.3 is 0 Å². The Hall–Kier alpha value is -3.37. The smallest absolute Gasteiger partial charge is 0.264 e. The van der Waals surface area contributed by atoms with E-state index in [1.807, 2.05) is 26.0 Å². The molecule has 8 nitrogen and oxygen atoms in total. The van der Waals surface area contributed by atoms with Crippen LogP contribution in [0, 0.1) is 0 Å². The topological polar surface area (TPSA) is 96.0 Å². The number of rotatable bonds is 12. The molecule has 2 atom stereocenters. The van der Waals surface area contributed by atoms with E-state index in [1.165, 1.54) is 17.0 Å². The van der Waals surface area contributed by atoms with Crippen LogP contribution < -0.4 is 14.4 Å². The minimum absolute atomic E-state index is 0.0574. The number of ether oxygens (including phenoxy) is 1. The molecule has 0 bridgehead atoms. The van der Waals surface area contributed by atoms with Crippen molar-refractivity contribution in [1.29, 1.82) is 0 Å². The zero-order chi connectivity index (χ0) is 28.6. The number of halogens is 1. The van der Waals surface area contributed by atoms with Crippen molar-refractivity contribution in [2.75, 3.05) is 18.0 Å². The molecular formula is C29H34BrN3O5S. The van der Waals surface area contributed by atoms with E-state index < -0.39 is 28.5 Å². The van der Waals surface area contributed by atoms with E-state index in [1.54, 1.807) is 68.6 Å².